The number of piperidine rings is 1. The van der Waals surface area contributed by atoms with Crippen LogP contribution in [-0.4, -0.2) is 72.7 Å². The molecule has 1 unspecified atom stereocenters. The number of aliphatic hydroxyl groups excluding tert-OH is 1. The highest BCUT2D eigenvalue weighted by Crippen LogP contribution is 2.46. The molecule has 0 radical (unpaired) electrons. The van der Waals surface area contributed by atoms with Crippen molar-refractivity contribution in [2.75, 3.05) is 40.5 Å². The summed E-state index contributed by atoms with van der Waals surface area (Å²) in [6, 6.07) is 5.85. The van der Waals surface area contributed by atoms with Crippen LogP contribution >= 0.6 is 0 Å². The van der Waals surface area contributed by atoms with Gasteiger partial charge in [0.25, 0.3) is 0 Å². The lowest BCUT2D eigenvalue weighted by Gasteiger charge is -2.49. The van der Waals surface area contributed by atoms with E-state index in [1.54, 1.807) is 14.2 Å². The zero-order valence-electron chi connectivity index (χ0n) is 18.7. The molecule has 2 saturated heterocycles. The summed E-state index contributed by atoms with van der Waals surface area (Å²) in [6.07, 6.45) is 5.99. The molecule has 1 atom stereocenters. The Morgan fingerprint density at radius 2 is 1.74 bits per heavy atom. The summed E-state index contributed by atoms with van der Waals surface area (Å²) in [6.45, 7) is 1.41. The molecule has 2 aliphatic heterocycles. The number of aliphatic hydroxyl groups is 2. The molecule has 1 spiro atoms. The molecule has 2 N–H and O–H groups in total. The molecular weight excluding hydrogens is 398 g/mol. The highest BCUT2D eigenvalue weighted by molar-refractivity contribution is 5.89. The lowest BCUT2D eigenvalue weighted by molar-refractivity contribution is -0.190. The van der Waals surface area contributed by atoms with Crippen LogP contribution in [0.15, 0.2) is 18.2 Å². The summed E-state index contributed by atoms with van der Waals surface area (Å²) in [4.78, 5) is 15.8. The number of likely N-dealkylation sites (tertiary alicyclic amines) is 1. The standard InChI is InChI=1S/C24H35NO6/c1-29-19-6-5-18(15-20(19)30-2)24(7-3-4-8-24)21(27)25-12-9-23(10-13-25)16-22(28,17-26)11-14-31-23/h5-6,15,26,28H,3-4,7-14,16-17H2,1-2H3. The molecular formula is C24H35NO6. The molecule has 1 amide bonds. The van der Waals surface area contributed by atoms with Crippen molar-refractivity contribution < 1.29 is 29.2 Å². The first-order valence-electron chi connectivity index (χ1n) is 11.4. The van der Waals surface area contributed by atoms with Gasteiger partial charge in [0.15, 0.2) is 11.5 Å². The second-order valence-electron chi connectivity index (χ2n) is 9.49. The van der Waals surface area contributed by atoms with Crippen molar-refractivity contribution in [2.45, 2.75) is 68.0 Å². The van der Waals surface area contributed by atoms with Gasteiger partial charge in [-0.2, -0.15) is 0 Å². The maximum atomic E-state index is 13.9. The predicted molar refractivity (Wildman–Crippen MR) is 115 cm³/mol. The van der Waals surface area contributed by atoms with Crippen LogP contribution in [0.25, 0.3) is 0 Å². The van der Waals surface area contributed by atoms with Gasteiger partial charge in [-0.25, -0.2) is 0 Å². The maximum Gasteiger partial charge on any atom is 0.233 e. The average Bonchev–Trinajstić information content (AvgIpc) is 3.30. The van der Waals surface area contributed by atoms with E-state index >= 15 is 0 Å². The molecule has 172 valence electrons. The Morgan fingerprint density at radius 1 is 1.06 bits per heavy atom. The fraction of sp³-hybridized carbons (Fsp3) is 0.708. The molecule has 0 bridgehead atoms. The Kier molecular flexibility index (Phi) is 6.21. The molecule has 7 nitrogen and oxygen atoms in total. The Bertz CT molecular complexity index is 797. The van der Waals surface area contributed by atoms with Crippen LogP contribution in [0.4, 0.5) is 0 Å². The summed E-state index contributed by atoms with van der Waals surface area (Å²) in [5, 5.41) is 20.2. The number of methoxy groups -OCH3 is 2. The van der Waals surface area contributed by atoms with E-state index in [9.17, 15) is 15.0 Å². The molecule has 31 heavy (non-hydrogen) atoms. The maximum absolute atomic E-state index is 13.9. The van der Waals surface area contributed by atoms with Gasteiger partial charge in [-0.3, -0.25) is 4.79 Å². The van der Waals surface area contributed by atoms with Crippen LogP contribution in [0.2, 0.25) is 0 Å². The van der Waals surface area contributed by atoms with Crippen LogP contribution in [0.5, 0.6) is 11.5 Å². The minimum Gasteiger partial charge on any atom is -0.493 e. The number of carbonyl (C=O) groups is 1. The Balaban J connectivity index is 1.53. The van der Waals surface area contributed by atoms with Crippen molar-refractivity contribution in [3.05, 3.63) is 23.8 Å². The van der Waals surface area contributed by atoms with Crippen LogP contribution in [0.1, 0.15) is 56.9 Å². The van der Waals surface area contributed by atoms with Crippen molar-refractivity contribution in [3.8, 4) is 11.5 Å². The Morgan fingerprint density at radius 3 is 2.35 bits per heavy atom. The number of ether oxygens (including phenoxy) is 3. The molecule has 7 heteroatoms. The first-order valence-corrected chi connectivity index (χ1v) is 11.4. The third kappa shape index (κ3) is 4.03. The molecule has 3 fully saturated rings. The van der Waals surface area contributed by atoms with Gasteiger partial charge >= 0.3 is 0 Å². The van der Waals surface area contributed by atoms with Gasteiger partial charge in [-0.05, 0) is 43.4 Å². The monoisotopic (exact) mass is 433 g/mol. The lowest BCUT2D eigenvalue weighted by atomic mass is 9.74. The predicted octanol–water partition coefficient (Wildman–Crippen LogP) is 2.41. The summed E-state index contributed by atoms with van der Waals surface area (Å²) in [5.74, 6) is 1.49. The van der Waals surface area contributed by atoms with Crippen molar-refractivity contribution in [1.82, 2.24) is 4.90 Å². The first-order chi connectivity index (χ1) is 14.9. The quantitative estimate of drug-likeness (QED) is 0.742. The number of benzene rings is 1. The third-order valence-electron chi connectivity index (χ3n) is 7.69. The highest BCUT2D eigenvalue weighted by atomic mass is 16.5. The third-order valence-corrected chi connectivity index (χ3v) is 7.69. The molecule has 2 heterocycles. The normalized spacial score (nSPS) is 27.3. The SMILES string of the molecule is COc1ccc(C2(C(=O)N3CCC4(CC3)CC(O)(CO)CCO4)CCCC2)cc1OC. The van der Waals surface area contributed by atoms with E-state index in [0.29, 0.717) is 56.9 Å². The number of rotatable bonds is 5. The van der Waals surface area contributed by atoms with Gasteiger partial charge in [0.2, 0.25) is 5.91 Å². The fourth-order valence-corrected chi connectivity index (χ4v) is 5.81. The van der Waals surface area contributed by atoms with Gasteiger partial charge < -0.3 is 29.3 Å². The van der Waals surface area contributed by atoms with Crippen molar-refractivity contribution in [2.24, 2.45) is 0 Å². The van der Waals surface area contributed by atoms with E-state index in [4.69, 9.17) is 14.2 Å². The van der Waals surface area contributed by atoms with Gasteiger partial charge in [-0.15, -0.1) is 0 Å². The lowest BCUT2D eigenvalue weighted by Crippen LogP contribution is -2.58. The summed E-state index contributed by atoms with van der Waals surface area (Å²) >= 11 is 0. The van der Waals surface area contributed by atoms with Crippen LogP contribution in [0, 0.1) is 0 Å². The van der Waals surface area contributed by atoms with Gasteiger partial charge in [-0.1, -0.05) is 18.9 Å². The molecule has 4 rings (SSSR count). The van der Waals surface area contributed by atoms with Crippen molar-refractivity contribution in [1.29, 1.82) is 0 Å². The Labute approximate surface area is 184 Å². The van der Waals surface area contributed by atoms with Gasteiger partial charge in [0.05, 0.1) is 44.1 Å². The largest absolute Gasteiger partial charge is 0.493 e. The number of nitrogens with zero attached hydrogens (tertiary/aromatic N) is 1. The highest BCUT2D eigenvalue weighted by Gasteiger charge is 2.50. The number of hydrogen-bond donors (Lipinski definition) is 2. The van der Waals surface area contributed by atoms with Crippen molar-refractivity contribution >= 4 is 5.91 Å². The van der Waals surface area contributed by atoms with E-state index in [2.05, 4.69) is 0 Å². The second-order valence-corrected chi connectivity index (χ2v) is 9.49. The minimum absolute atomic E-state index is 0.181. The second kappa shape index (κ2) is 8.60. The van der Waals surface area contributed by atoms with Crippen LogP contribution < -0.4 is 9.47 Å². The molecule has 1 saturated carbocycles. The zero-order valence-corrected chi connectivity index (χ0v) is 18.7. The molecule has 1 aromatic rings. The topological polar surface area (TPSA) is 88.5 Å². The van der Waals surface area contributed by atoms with Gasteiger partial charge in [0, 0.05) is 25.9 Å². The van der Waals surface area contributed by atoms with E-state index in [0.717, 1.165) is 31.2 Å². The van der Waals surface area contributed by atoms with E-state index in [1.165, 1.54) is 0 Å². The van der Waals surface area contributed by atoms with E-state index in [-0.39, 0.29) is 12.5 Å². The fourth-order valence-electron chi connectivity index (χ4n) is 5.81. The average molecular weight is 434 g/mol. The number of carbonyl (C=O) groups excluding carboxylic acids is 1. The van der Waals surface area contributed by atoms with E-state index in [1.807, 2.05) is 23.1 Å². The number of amides is 1. The summed E-state index contributed by atoms with van der Waals surface area (Å²) in [5.41, 5.74) is -1.05. The zero-order chi connectivity index (χ0) is 22.1. The number of hydrogen-bond acceptors (Lipinski definition) is 6. The molecule has 1 aliphatic carbocycles. The summed E-state index contributed by atoms with van der Waals surface area (Å²) < 4.78 is 17.0. The van der Waals surface area contributed by atoms with Crippen molar-refractivity contribution in [3.63, 3.8) is 0 Å². The van der Waals surface area contributed by atoms with Crippen LogP contribution in [0.3, 0.4) is 0 Å². The molecule has 3 aliphatic rings. The smallest absolute Gasteiger partial charge is 0.233 e. The Hall–Kier alpha value is -1.83. The van der Waals surface area contributed by atoms with Crippen LogP contribution in [-0.2, 0) is 14.9 Å². The van der Waals surface area contributed by atoms with Gasteiger partial charge in [0.1, 0.15) is 0 Å². The van der Waals surface area contributed by atoms with E-state index < -0.39 is 16.6 Å². The minimum atomic E-state index is -1.07. The first kappa shape index (κ1) is 22.4. The molecule has 0 aromatic heterocycles. The summed E-state index contributed by atoms with van der Waals surface area (Å²) in [7, 11) is 3.23. The molecule has 1 aromatic carbocycles.